The van der Waals surface area contributed by atoms with E-state index in [4.69, 9.17) is 10.9 Å². The van der Waals surface area contributed by atoms with Crippen LogP contribution in [0.15, 0.2) is 17.5 Å². The summed E-state index contributed by atoms with van der Waals surface area (Å²) in [6.07, 6.45) is 8.19. The molecule has 0 aromatic carbocycles. The standard InChI is InChI=1S/C13H21N5O/c1-9-4-3-5-10(6-9)18(2)12-8-15-11(7-16-12)13(14)17-19/h7-10,19H,3-6H2,1-2H3,(H2,14,17). The summed E-state index contributed by atoms with van der Waals surface area (Å²) < 4.78 is 0. The molecule has 6 nitrogen and oxygen atoms in total. The predicted octanol–water partition coefficient (Wildman–Crippen LogP) is 1.59. The van der Waals surface area contributed by atoms with Crippen LogP contribution in [0.2, 0.25) is 0 Å². The molecule has 0 aliphatic heterocycles. The van der Waals surface area contributed by atoms with Gasteiger partial charge in [-0.1, -0.05) is 24.9 Å². The smallest absolute Gasteiger partial charge is 0.190 e. The molecular formula is C13H21N5O. The van der Waals surface area contributed by atoms with Crippen molar-refractivity contribution in [2.45, 2.75) is 38.6 Å². The topological polar surface area (TPSA) is 87.6 Å². The Balaban J connectivity index is 2.08. The minimum absolute atomic E-state index is 0.0204. The highest BCUT2D eigenvalue weighted by atomic mass is 16.4. The number of oxime groups is 1. The average Bonchev–Trinajstić information content (AvgIpc) is 2.46. The third-order valence-electron chi connectivity index (χ3n) is 3.83. The summed E-state index contributed by atoms with van der Waals surface area (Å²) >= 11 is 0. The van der Waals surface area contributed by atoms with Crippen molar-refractivity contribution in [2.24, 2.45) is 16.8 Å². The van der Waals surface area contributed by atoms with E-state index >= 15 is 0 Å². The van der Waals surface area contributed by atoms with Gasteiger partial charge in [-0.15, -0.1) is 0 Å². The fourth-order valence-corrected chi connectivity index (χ4v) is 2.63. The number of anilines is 1. The molecule has 0 amide bonds. The van der Waals surface area contributed by atoms with Crippen molar-refractivity contribution in [3.05, 3.63) is 18.1 Å². The van der Waals surface area contributed by atoms with Gasteiger partial charge in [-0.25, -0.2) is 9.97 Å². The number of amidine groups is 1. The van der Waals surface area contributed by atoms with Crippen LogP contribution in [0.5, 0.6) is 0 Å². The Morgan fingerprint density at radius 1 is 1.42 bits per heavy atom. The molecule has 0 saturated heterocycles. The lowest BCUT2D eigenvalue weighted by molar-refractivity contribution is 0.318. The van der Waals surface area contributed by atoms with Crippen LogP contribution >= 0.6 is 0 Å². The second-order valence-corrected chi connectivity index (χ2v) is 5.28. The van der Waals surface area contributed by atoms with Crippen LogP contribution in [0.25, 0.3) is 0 Å². The van der Waals surface area contributed by atoms with Gasteiger partial charge in [0.2, 0.25) is 0 Å². The molecule has 3 N–H and O–H groups in total. The number of rotatable bonds is 3. The second kappa shape index (κ2) is 5.86. The maximum atomic E-state index is 8.58. The molecular weight excluding hydrogens is 242 g/mol. The summed E-state index contributed by atoms with van der Waals surface area (Å²) in [4.78, 5) is 10.7. The molecule has 1 aromatic rings. The SMILES string of the molecule is CC1CCCC(N(C)c2cnc(C(N)=NO)cn2)C1. The number of nitrogens with zero attached hydrogens (tertiary/aromatic N) is 4. The lowest BCUT2D eigenvalue weighted by Gasteiger charge is -2.34. The molecule has 1 heterocycles. The molecule has 0 spiro atoms. The van der Waals surface area contributed by atoms with Crippen LogP contribution in [0.4, 0.5) is 5.82 Å². The molecule has 1 fully saturated rings. The van der Waals surface area contributed by atoms with Crippen molar-refractivity contribution in [3.63, 3.8) is 0 Å². The lowest BCUT2D eigenvalue weighted by Crippen LogP contribution is -2.36. The number of nitrogens with two attached hydrogens (primary N) is 1. The molecule has 1 aliphatic carbocycles. The number of hydrogen-bond donors (Lipinski definition) is 2. The Bertz CT molecular complexity index is 445. The first-order valence-corrected chi connectivity index (χ1v) is 6.64. The summed E-state index contributed by atoms with van der Waals surface area (Å²) in [5.41, 5.74) is 5.85. The Kier molecular flexibility index (Phi) is 4.19. The first kappa shape index (κ1) is 13.6. The Labute approximate surface area is 113 Å². The van der Waals surface area contributed by atoms with Crippen molar-refractivity contribution >= 4 is 11.7 Å². The zero-order valence-corrected chi connectivity index (χ0v) is 11.5. The molecule has 1 saturated carbocycles. The quantitative estimate of drug-likeness (QED) is 0.374. The van der Waals surface area contributed by atoms with E-state index < -0.39 is 0 Å². The molecule has 2 unspecified atom stereocenters. The summed E-state index contributed by atoms with van der Waals surface area (Å²) in [7, 11) is 2.05. The summed E-state index contributed by atoms with van der Waals surface area (Å²) in [6, 6.07) is 0.521. The van der Waals surface area contributed by atoms with Crippen molar-refractivity contribution in [1.82, 2.24) is 9.97 Å². The van der Waals surface area contributed by atoms with E-state index in [2.05, 4.69) is 34.0 Å². The first-order valence-electron chi connectivity index (χ1n) is 6.64. The molecule has 0 radical (unpaired) electrons. The highest BCUT2D eigenvalue weighted by Gasteiger charge is 2.23. The molecule has 6 heteroatoms. The molecule has 2 rings (SSSR count). The van der Waals surface area contributed by atoms with Crippen LogP contribution in [-0.4, -0.2) is 34.1 Å². The highest BCUT2D eigenvalue weighted by molar-refractivity contribution is 5.94. The zero-order chi connectivity index (χ0) is 13.8. The van der Waals surface area contributed by atoms with Gasteiger partial charge in [0, 0.05) is 13.1 Å². The number of hydrogen-bond acceptors (Lipinski definition) is 5. The second-order valence-electron chi connectivity index (χ2n) is 5.28. The monoisotopic (exact) mass is 263 g/mol. The maximum absolute atomic E-state index is 8.58. The highest BCUT2D eigenvalue weighted by Crippen LogP contribution is 2.28. The Hall–Kier alpha value is -1.85. The van der Waals surface area contributed by atoms with Gasteiger partial charge in [-0.2, -0.15) is 0 Å². The Morgan fingerprint density at radius 2 is 2.21 bits per heavy atom. The van der Waals surface area contributed by atoms with Gasteiger partial charge in [-0.3, -0.25) is 0 Å². The molecule has 1 aliphatic rings. The molecule has 0 bridgehead atoms. The van der Waals surface area contributed by atoms with Crippen molar-refractivity contribution in [1.29, 1.82) is 0 Å². The van der Waals surface area contributed by atoms with Crippen molar-refractivity contribution in [2.75, 3.05) is 11.9 Å². The molecule has 19 heavy (non-hydrogen) atoms. The van der Waals surface area contributed by atoms with Crippen LogP contribution in [0.3, 0.4) is 0 Å². The van der Waals surface area contributed by atoms with Gasteiger partial charge in [0.15, 0.2) is 5.84 Å². The maximum Gasteiger partial charge on any atom is 0.190 e. The van der Waals surface area contributed by atoms with Gasteiger partial charge < -0.3 is 15.8 Å². The fraction of sp³-hybridized carbons (Fsp3) is 0.615. The summed E-state index contributed by atoms with van der Waals surface area (Å²) in [5.74, 6) is 1.58. The van der Waals surface area contributed by atoms with E-state index in [-0.39, 0.29) is 5.84 Å². The van der Waals surface area contributed by atoms with E-state index in [0.717, 1.165) is 11.7 Å². The van der Waals surface area contributed by atoms with Crippen LogP contribution in [-0.2, 0) is 0 Å². The third-order valence-corrected chi connectivity index (χ3v) is 3.83. The Morgan fingerprint density at radius 3 is 2.79 bits per heavy atom. The lowest BCUT2D eigenvalue weighted by atomic mass is 9.86. The third kappa shape index (κ3) is 3.13. The molecule has 2 atom stereocenters. The summed E-state index contributed by atoms with van der Waals surface area (Å²) in [5, 5.41) is 11.5. The molecule has 104 valence electrons. The predicted molar refractivity (Wildman–Crippen MR) is 74.4 cm³/mol. The normalized spacial score (nSPS) is 24.2. The summed E-state index contributed by atoms with van der Waals surface area (Å²) in [6.45, 7) is 2.30. The van der Waals surface area contributed by atoms with Crippen LogP contribution < -0.4 is 10.6 Å². The van der Waals surface area contributed by atoms with Crippen molar-refractivity contribution < 1.29 is 5.21 Å². The largest absolute Gasteiger partial charge is 0.409 e. The van der Waals surface area contributed by atoms with Gasteiger partial charge in [0.05, 0.1) is 12.4 Å². The van der Waals surface area contributed by atoms with E-state index in [1.54, 1.807) is 6.20 Å². The van der Waals surface area contributed by atoms with Gasteiger partial charge >= 0.3 is 0 Å². The van der Waals surface area contributed by atoms with Gasteiger partial charge in [0.1, 0.15) is 11.5 Å². The minimum atomic E-state index is -0.0204. The first-order chi connectivity index (χ1) is 9.11. The van der Waals surface area contributed by atoms with Gasteiger partial charge in [-0.05, 0) is 18.8 Å². The number of aromatic nitrogens is 2. The van der Waals surface area contributed by atoms with E-state index in [1.165, 1.54) is 31.9 Å². The molecule has 1 aromatic heterocycles. The van der Waals surface area contributed by atoms with Gasteiger partial charge in [0.25, 0.3) is 0 Å². The zero-order valence-electron chi connectivity index (χ0n) is 11.5. The van der Waals surface area contributed by atoms with Crippen LogP contribution in [0, 0.1) is 5.92 Å². The minimum Gasteiger partial charge on any atom is -0.409 e. The van der Waals surface area contributed by atoms with Crippen molar-refractivity contribution in [3.8, 4) is 0 Å². The van der Waals surface area contributed by atoms with E-state index in [1.807, 2.05) is 0 Å². The fourth-order valence-electron chi connectivity index (χ4n) is 2.63. The van der Waals surface area contributed by atoms with E-state index in [9.17, 15) is 0 Å². The average molecular weight is 263 g/mol. The van der Waals surface area contributed by atoms with Crippen LogP contribution in [0.1, 0.15) is 38.3 Å². The van der Waals surface area contributed by atoms with E-state index in [0.29, 0.717) is 11.7 Å².